The van der Waals surface area contributed by atoms with E-state index >= 15 is 0 Å². The van der Waals surface area contributed by atoms with Crippen LogP contribution in [0.1, 0.15) is 32.2 Å². The number of nitrogens with two attached hydrogens (primary N) is 1. The first-order valence-electron chi connectivity index (χ1n) is 6.48. The summed E-state index contributed by atoms with van der Waals surface area (Å²) in [5.41, 5.74) is 7.52. The van der Waals surface area contributed by atoms with Crippen LogP contribution < -0.4 is 5.73 Å². The molecule has 0 spiro atoms. The monoisotopic (exact) mass is 321 g/mol. The molecule has 2 aromatic rings. The van der Waals surface area contributed by atoms with Gasteiger partial charge in [0.1, 0.15) is 0 Å². The molecule has 2 atom stereocenters. The molecule has 19 heavy (non-hydrogen) atoms. The predicted octanol–water partition coefficient (Wildman–Crippen LogP) is 3.05. The molecule has 0 radical (unpaired) electrons. The molecule has 0 aliphatic heterocycles. The SMILES string of the molecule is CC1CCC(n2nnnc2-c2cc(N)ccc2Br)C1. The van der Waals surface area contributed by atoms with E-state index in [1.165, 1.54) is 6.42 Å². The van der Waals surface area contributed by atoms with Crippen molar-refractivity contribution in [3.63, 3.8) is 0 Å². The summed E-state index contributed by atoms with van der Waals surface area (Å²) in [6.45, 7) is 2.28. The lowest BCUT2D eigenvalue weighted by Gasteiger charge is -2.13. The van der Waals surface area contributed by atoms with E-state index in [0.29, 0.717) is 11.7 Å². The normalized spacial score (nSPS) is 22.8. The summed E-state index contributed by atoms with van der Waals surface area (Å²) in [6, 6.07) is 6.10. The van der Waals surface area contributed by atoms with Crippen molar-refractivity contribution in [2.45, 2.75) is 32.2 Å². The number of benzene rings is 1. The Balaban J connectivity index is 2.02. The molecule has 2 N–H and O–H groups in total. The summed E-state index contributed by atoms with van der Waals surface area (Å²) in [6.07, 6.45) is 3.51. The molecule has 2 unspecified atom stereocenters. The third kappa shape index (κ3) is 2.36. The Kier molecular flexibility index (Phi) is 3.26. The van der Waals surface area contributed by atoms with Crippen LogP contribution in [-0.4, -0.2) is 20.2 Å². The molecule has 1 aliphatic rings. The van der Waals surface area contributed by atoms with Crippen molar-refractivity contribution in [1.82, 2.24) is 20.2 Å². The fourth-order valence-corrected chi connectivity index (χ4v) is 3.15. The van der Waals surface area contributed by atoms with Crippen LogP contribution in [0.2, 0.25) is 0 Å². The highest BCUT2D eigenvalue weighted by Gasteiger charge is 2.27. The molecule has 1 aliphatic carbocycles. The Hall–Kier alpha value is -1.43. The summed E-state index contributed by atoms with van der Waals surface area (Å²) in [7, 11) is 0. The van der Waals surface area contributed by atoms with Gasteiger partial charge >= 0.3 is 0 Å². The maximum Gasteiger partial charge on any atom is 0.183 e. The van der Waals surface area contributed by atoms with E-state index in [-0.39, 0.29) is 0 Å². The van der Waals surface area contributed by atoms with E-state index < -0.39 is 0 Å². The number of halogens is 1. The van der Waals surface area contributed by atoms with Crippen molar-refractivity contribution in [1.29, 1.82) is 0 Å². The highest BCUT2D eigenvalue weighted by Crippen LogP contribution is 2.37. The average Bonchev–Trinajstić information content (AvgIpc) is 3.00. The van der Waals surface area contributed by atoms with Crippen molar-refractivity contribution >= 4 is 21.6 Å². The predicted molar refractivity (Wildman–Crippen MR) is 77.4 cm³/mol. The van der Waals surface area contributed by atoms with Crippen LogP contribution in [0.4, 0.5) is 5.69 Å². The second kappa shape index (κ2) is 4.92. The molecule has 1 fully saturated rings. The fraction of sp³-hybridized carbons (Fsp3) is 0.462. The molecule has 1 aromatic carbocycles. The number of nitrogens with zero attached hydrogens (tertiary/aromatic N) is 4. The van der Waals surface area contributed by atoms with Crippen LogP contribution in [0.5, 0.6) is 0 Å². The quantitative estimate of drug-likeness (QED) is 0.863. The van der Waals surface area contributed by atoms with Crippen LogP contribution in [0.15, 0.2) is 22.7 Å². The molecule has 1 saturated carbocycles. The third-order valence-corrected chi connectivity index (χ3v) is 4.43. The highest BCUT2D eigenvalue weighted by molar-refractivity contribution is 9.10. The lowest BCUT2D eigenvalue weighted by molar-refractivity contribution is 0.443. The minimum absolute atomic E-state index is 0.397. The number of hydrogen-bond donors (Lipinski definition) is 1. The summed E-state index contributed by atoms with van der Waals surface area (Å²) in [4.78, 5) is 0. The van der Waals surface area contributed by atoms with E-state index in [4.69, 9.17) is 5.73 Å². The van der Waals surface area contributed by atoms with Crippen LogP contribution in [0.3, 0.4) is 0 Å². The molecule has 1 heterocycles. The highest BCUT2D eigenvalue weighted by atomic mass is 79.9. The van der Waals surface area contributed by atoms with Gasteiger partial charge in [-0.1, -0.05) is 22.9 Å². The van der Waals surface area contributed by atoms with Crippen LogP contribution in [-0.2, 0) is 0 Å². The second-order valence-electron chi connectivity index (χ2n) is 5.26. The molecule has 0 amide bonds. The minimum atomic E-state index is 0.397. The first-order valence-corrected chi connectivity index (χ1v) is 7.27. The molecule has 5 nitrogen and oxygen atoms in total. The third-order valence-electron chi connectivity index (χ3n) is 3.74. The largest absolute Gasteiger partial charge is 0.399 e. The fourth-order valence-electron chi connectivity index (χ4n) is 2.73. The van der Waals surface area contributed by atoms with Crippen molar-refractivity contribution < 1.29 is 0 Å². The second-order valence-corrected chi connectivity index (χ2v) is 6.11. The van der Waals surface area contributed by atoms with Gasteiger partial charge in [-0.05, 0) is 53.8 Å². The molecule has 1 aromatic heterocycles. The molecular weight excluding hydrogens is 306 g/mol. The standard InChI is InChI=1S/C13H16BrN5/c1-8-2-4-10(6-8)19-13(16-17-18-19)11-7-9(15)3-5-12(11)14/h3,5,7-8,10H,2,4,6,15H2,1H3. The van der Waals surface area contributed by atoms with E-state index in [1.807, 2.05) is 22.9 Å². The summed E-state index contributed by atoms with van der Waals surface area (Å²) >= 11 is 3.54. The smallest absolute Gasteiger partial charge is 0.183 e. The van der Waals surface area contributed by atoms with Gasteiger partial charge in [0.2, 0.25) is 0 Å². The number of rotatable bonds is 2. The van der Waals surface area contributed by atoms with Gasteiger partial charge in [-0.3, -0.25) is 0 Å². The number of aromatic nitrogens is 4. The minimum Gasteiger partial charge on any atom is -0.399 e. The van der Waals surface area contributed by atoms with E-state index in [2.05, 4.69) is 38.4 Å². The zero-order chi connectivity index (χ0) is 13.4. The summed E-state index contributed by atoms with van der Waals surface area (Å²) in [5, 5.41) is 12.2. The Morgan fingerprint density at radius 3 is 2.95 bits per heavy atom. The zero-order valence-electron chi connectivity index (χ0n) is 10.8. The van der Waals surface area contributed by atoms with Gasteiger partial charge in [0, 0.05) is 15.7 Å². The van der Waals surface area contributed by atoms with Crippen molar-refractivity contribution in [2.24, 2.45) is 5.92 Å². The lowest BCUT2D eigenvalue weighted by Crippen LogP contribution is -2.09. The summed E-state index contributed by atoms with van der Waals surface area (Å²) < 4.78 is 2.91. The number of anilines is 1. The van der Waals surface area contributed by atoms with E-state index in [9.17, 15) is 0 Å². The number of hydrogen-bond acceptors (Lipinski definition) is 4. The van der Waals surface area contributed by atoms with Crippen molar-refractivity contribution in [3.8, 4) is 11.4 Å². The number of nitrogen functional groups attached to an aromatic ring is 1. The number of tetrazole rings is 1. The van der Waals surface area contributed by atoms with Gasteiger partial charge in [0.05, 0.1) is 6.04 Å². The summed E-state index contributed by atoms with van der Waals surface area (Å²) in [5.74, 6) is 1.53. The van der Waals surface area contributed by atoms with Gasteiger partial charge in [-0.2, -0.15) is 0 Å². The first-order chi connectivity index (χ1) is 9.15. The van der Waals surface area contributed by atoms with Gasteiger partial charge in [0.15, 0.2) is 5.82 Å². The maximum absolute atomic E-state index is 5.86. The molecule has 0 bridgehead atoms. The Morgan fingerprint density at radius 2 is 2.21 bits per heavy atom. The lowest BCUT2D eigenvalue weighted by atomic mass is 10.1. The topological polar surface area (TPSA) is 69.6 Å². The van der Waals surface area contributed by atoms with Crippen LogP contribution in [0, 0.1) is 5.92 Å². The van der Waals surface area contributed by atoms with Gasteiger partial charge in [0.25, 0.3) is 0 Å². The van der Waals surface area contributed by atoms with Crippen molar-refractivity contribution in [2.75, 3.05) is 5.73 Å². The molecule has 6 heteroatoms. The van der Waals surface area contributed by atoms with E-state index in [0.717, 1.165) is 34.6 Å². The van der Waals surface area contributed by atoms with Crippen LogP contribution in [0.25, 0.3) is 11.4 Å². The average molecular weight is 322 g/mol. The van der Waals surface area contributed by atoms with Gasteiger partial charge in [-0.15, -0.1) is 5.10 Å². The molecule has 100 valence electrons. The molecule has 3 rings (SSSR count). The van der Waals surface area contributed by atoms with E-state index in [1.54, 1.807) is 0 Å². The first kappa shape index (κ1) is 12.6. The zero-order valence-corrected chi connectivity index (χ0v) is 12.3. The van der Waals surface area contributed by atoms with Gasteiger partial charge < -0.3 is 5.73 Å². The Labute approximate surface area is 120 Å². The molecular formula is C13H16BrN5. The Bertz CT molecular complexity index is 594. The molecule has 0 saturated heterocycles. The van der Waals surface area contributed by atoms with Crippen molar-refractivity contribution in [3.05, 3.63) is 22.7 Å². The van der Waals surface area contributed by atoms with Crippen LogP contribution >= 0.6 is 15.9 Å². The van der Waals surface area contributed by atoms with Gasteiger partial charge in [-0.25, -0.2) is 4.68 Å². The Morgan fingerprint density at radius 1 is 1.37 bits per heavy atom. The maximum atomic E-state index is 5.86.